The average Bonchev–Trinajstić information content (AvgIpc) is 2.38. The molecule has 94 valence electrons. The Morgan fingerprint density at radius 1 is 1.33 bits per heavy atom. The van der Waals surface area contributed by atoms with E-state index < -0.39 is 5.67 Å². The fourth-order valence-corrected chi connectivity index (χ4v) is 3.01. The van der Waals surface area contributed by atoms with Crippen LogP contribution in [0.15, 0.2) is 36.7 Å². The third-order valence-corrected chi connectivity index (χ3v) is 3.90. The van der Waals surface area contributed by atoms with Crippen molar-refractivity contribution in [2.24, 2.45) is 5.73 Å². The van der Waals surface area contributed by atoms with Gasteiger partial charge < -0.3 is 5.73 Å². The van der Waals surface area contributed by atoms with Crippen LogP contribution in [0.5, 0.6) is 0 Å². The predicted molar refractivity (Wildman–Crippen MR) is 71.0 cm³/mol. The lowest BCUT2D eigenvalue weighted by atomic mass is 9.78. The molecule has 1 aromatic carbocycles. The van der Waals surface area contributed by atoms with E-state index in [4.69, 9.17) is 5.73 Å². The van der Waals surface area contributed by atoms with Crippen molar-refractivity contribution >= 4 is 10.8 Å². The molecule has 2 nitrogen and oxygen atoms in total. The van der Waals surface area contributed by atoms with Gasteiger partial charge in [0, 0.05) is 30.2 Å². The average molecular weight is 244 g/mol. The van der Waals surface area contributed by atoms with Crippen LogP contribution >= 0.6 is 0 Å². The highest BCUT2D eigenvalue weighted by Gasteiger charge is 2.37. The second kappa shape index (κ2) is 4.32. The molecule has 1 aliphatic carbocycles. The highest BCUT2D eigenvalue weighted by atomic mass is 19.1. The Labute approximate surface area is 106 Å². The van der Waals surface area contributed by atoms with Crippen molar-refractivity contribution in [3.05, 3.63) is 42.2 Å². The van der Waals surface area contributed by atoms with E-state index in [1.54, 1.807) is 12.4 Å². The molecule has 0 radical (unpaired) electrons. The van der Waals surface area contributed by atoms with Crippen molar-refractivity contribution in [2.75, 3.05) is 0 Å². The van der Waals surface area contributed by atoms with Crippen LogP contribution in [0.25, 0.3) is 10.8 Å². The normalized spacial score (nSPS) is 28.4. The minimum atomic E-state index is -1.29. The molecule has 1 saturated carbocycles. The van der Waals surface area contributed by atoms with Gasteiger partial charge >= 0.3 is 0 Å². The van der Waals surface area contributed by atoms with Crippen LogP contribution in [0.1, 0.15) is 31.2 Å². The summed E-state index contributed by atoms with van der Waals surface area (Å²) in [4.78, 5) is 4.12. The minimum Gasteiger partial charge on any atom is -0.328 e. The number of benzene rings is 1. The van der Waals surface area contributed by atoms with Crippen molar-refractivity contribution < 1.29 is 4.39 Å². The Morgan fingerprint density at radius 3 is 3.06 bits per heavy atom. The van der Waals surface area contributed by atoms with E-state index in [-0.39, 0.29) is 6.04 Å². The molecule has 0 saturated heterocycles. The molecular formula is C15H17FN2. The van der Waals surface area contributed by atoms with Crippen LogP contribution in [0.4, 0.5) is 4.39 Å². The third-order valence-electron chi connectivity index (χ3n) is 3.90. The minimum absolute atomic E-state index is 0.0318. The molecule has 1 fully saturated rings. The number of halogens is 1. The lowest BCUT2D eigenvalue weighted by molar-refractivity contribution is 0.0964. The fraction of sp³-hybridized carbons (Fsp3) is 0.400. The van der Waals surface area contributed by atoms with E-state index in [9.17, 15) is 0 Å². The molecule has 3 heteroatoms. The van der Waals surface area contributed by atoms with Crippen LogP contribution in [-0.2, 0) is 5.67 Å². The number of alkyl halides is 1. The van der Waals surface area contributed by atoms with E-state index in [1.807, 2.05) is 24.3 Å². The summed E-state index contributed by atoms with van der Waals surface area (Å²) >= 11 is 0. The number of rotatable bonds is 1. The predicted octanol–water partition coefficient (Wildman–Crippen LogP) is 3.30. The lowest BCUT2D eigenvalue weighted by Gasteiger charge is -2.34. The van der Waals surface area contributed by atoms with Crippen molar-refractivity contribution in [1.29, 1.82) is 0 Å². The van der Waals surface area contributed by atoms with Gasteiger partial charge in [-0.15, -0.1) is 0 Å². The quantitative estimate of drug-likeness (QED) is 0.836. The Morgan fingerprint density at radius 2 is 2.22 bits per heavy atom. The summed E-state index contributed by atoms with van der Waals surface area (Å²) in [5.74, 6) is 0. The monoisotopic (exact) mass is 244 g/mol. The molecule has 3 rings (SSSR count). The zero-order valence-electron chi connectivity index (χ0n) is 10.3. The van der Waals surface area contributed by atoms with E-state index in [0.717, 1.165) is 29.2 Å². The molecule has 2 unspecified atom stereocenters. The summed E-state index contributed by atoms with van der Waals surface area (Å²) in [6.07, 6.45) is 6.26. The zero-order chi connectivity index (χ0) is 12.6. The van der Waals surface area contributed by atoms with Gasteiger partial charge in [-0.2, -0.15) is 0 Å². The Bertz CT molecular complexity index is 564. The summed E-state index contributed by atoms with van der Waals surface area (Å²) in [6, 6.07) is 7.68. The zero-order valence-corrected chi connectivity index (χ0v) is 10.3. The van der Waals surface area contributed by atoms with Crippen molar-refractivity contribution in [1.82, 2.24) is 4.98 Å². The third kappa shape index (κ3) is 1.89. The summed E-state index contributed by atoms with van der Waals surface area (Å²) in [6.45, 7) is 0. The van der Waals surface area contributed by atoms with Gasteiger partial charge in [-0.1, -0.05) is 18.2 Å². The van der Waals surface area contributed by atoms with E-state index in [1.165, 1.54) is 0 Å². The SMILES string of the molecule is NC1CCCC(F)(c2cccc3ccncc23)C1. The van der Waals surface area contributed by atoms with E-state index >= 15 is 4.39 Å². The second-order valence-corrected chi connectivity index (χ2v) is 5.22. The van der Waals surface area contributed by atoms with Crippen LogP contribution in [0.2, 0.25) is 0 Å². The molecule has 18 heavy (non-hydrogen) atoms. The van der Waals surface area contributed by atoms with E-state index in [2.05, 4.69) is 4.98 Å². The van der Waals surface area contributed by atoms with Gasteiger partial charge in [0.2, 0.25) is 0 Å². The van der Waals surface area contributed by atoms with E-state index in [0.29, 0.717) is 12.8 Å². The molecule has 0 spiro atoms. The number of pyridine rings is 1. The largest absolute Gasteiger partial charge is 0.328 e. The molecule has 0 amide bonds. The number of nitrogens with zero attached hydrogens (tertiary/aromatic N) is 1. The van der Waals surface area contributed by atoms with Gasteiger partial charge in [0.15, 0.2) is 0 Å². The summed E-state index contributed by atoms with van der Waals surface area (Å²) in [5, 5.41) is 1.95. The molecule has 1 heterocycles. The van der Waals surface area contributed by atoms with Gasteiger partial charge in [-0.25, -0.2) is 4.39 Å². The van der Waals surface area contributed by atoms with Crippen LogP contribution in [0, 0.1) is 0 Å². The lowest BCUT2D eigenvalue weighted by Crippen LogP contribution is -2.36. The first-order chi connectivity index (χ1) is 8.69. The first-order valence-electron chi connectivity index (χ1n) is 6.47. The van der Waals surface area contributed by atoms with Gasteiger partial charge in [-0.05, 0) is 36.3 Å². The number of aromatic nitrogens is 1. The van der Waals surface area contributed by atoms with Crippen molar-refractivity contribution in [3.63, 3.8) is 0 Å². The number of hydrogen-bond donors (Lipinski definition) is 1. The van der Waals surface area contributed by atoms with Gasteiger partial charge in [0.05, 0.1) is 0 Å². The fourth-order valence-electron chi connectivity index (χ4n) is 3.01. The van der Waals surface area contributed by atoms with Gasteiger partial charge in [0.25, 0.3) is 0 Å². The summed E-state index contributed by atoms with van der Waals surface area (Å²) in [7, 11) is 0. The Balaban J connectivity index is 2.13. The standard InChI is InChI=1S/C15H17FN2/c16-15(7-2-4-12(17)9-15)14-5-1-3-11-6-8-18-10-13(11)14/h1,3,5-6,8,10,12H,2,4,7,9,17H2. The van der Waals surface area contributed by atoms with Crippen LogP contribution < -0.4 is 5.73 Å². The molecule has 2 aromatic rings. The topological polar surface area (TPSA) is 38.9 Å². The number of nitrogens with two attached hydrogens (primary N) is 1. The first kappa shape index (κ1) is 11.6. The maximum absolute atomic E-state index is 15.2. The Hall–Kier alpha value is -1.48. The van der Waals surface area contributed by atoms with Gasteiger partial charge in [0.1, 0.15) is 5.67 Å². The molecule has 1 aliphatic rings. The maximum atomic E-state index is 15.2. The molecule has 2 N–H and O–H groups in total. The highest BCUT2D eigenvalue weighted by molar-refractivity contribution is 5.85. The highest BCUT2D eigenvalue weighted by Crippen LogP contribution is 2.42. The van der Waals surface area contributed by atoms with Crippen LogP contribution in [-0.4, -0.2) is 11.0 Å². The molecular weight excluding hydrogens is 227 g/mol. The van der Waals surface area contributed by atoms with Crippen molar-refractivity contribution in [2.45, 2.75) is 37.4 Å². The molecule has 1 aromatic heterocycles. The smallest absolute Gasteiger partial charge is 0.138 e. The summed E-state index contributed by atoms with van der Waals surface area (Å²) < 4.78 is 15.2. The molecule has 2 atom stereocenters. The van der Waals surface area contributed by atoms with Gasteiger partial charge in [-0.3, -0.25) is 4.98 Å². The molecule has 0 aliphatic heterocycles. The second-order valence-electron chi connectivity index (χ2n) is 5.22. The maximum Gasteiger partial charge on any atom is 0.138 e. The number of hydrogen-bond acceptors (Lipinski definition) is 2. The van der Waals surface area contributed by atoms with Crippen LogP contribution in [0.3, 0.4) is 0 Å². The Kier molecular flexibility index (Phi) is 2.78. The van der Waals surface area contributed by atoms with Crippen molar-refractivity contribution in [3.8, 4) is 0 Å². The molecule has 0 bridgehead atoms. The summed E-state index contributed by atoms with van der Waals surface area (Å²) in [5.41, 5.74) is 5.40. The first-order valence-corrected chi connectivity index (χ1v) is 6.47. The number of fused-ring (bicyclic) bond motifs is 1.